The molecule has 3 heterocycles. The Balaban J connectivity index is 1.40. The Hall–Kier alpha value is -2.06. The minimum absolute atomic E-state index is 0.0766. The van der Waals surface area contributed by atoms with Crippen LogP contribution >= 0.6 is 22.7 Å². The Labute approximate surface area is 189 Å². The highest BCUT2D eigenvalue weighted by molar-refractivity contribution is 7.19. The van der Waals surface area contributed by atoms with Gasteiger partial charge in [0.25, 0.3) is 5.56 Å². The lowest BCUT2D eigenvalue weighted by atomic mass is 9.90. The molecule has 5 nitrogen and oxygen atoms in total. The Morgan fingerprint density at radius 2 is 2.13 bits per heavy atom. The minimum atomic E-state index is -0.123. The molecule has 0 radical (unpaired) electrons. The summed E-state index contributed by atoms with van der Waals surface area (Å²) in [5.74, 6) is 0. The molecular formula is C24H27N3O2S2. The second kappa shape index (κ2) is 8.13. The van der Waals surface area contributed by atoms with Gasteiger partial charge in [-0.3, -0.25) is 9.36 Å². The fourth-order valence-corrected chi connectivity index (χ4v) is 6.57. The van der Waals surface area contributed by atoms with Gasteiger partial charge in [-0.15, -0.1) is 22.7 Å². The molecular weight excluding hydrogens is 426 g/mol. The number of aromatic nitrogens is 2. The fraction of sp³-hybridized carbons (Fsp3) is 0.417. The van der Waals surface area contributed by atoms with Crippen molar-refractivity contribution in [2.24, 2.45) is 5.41 Å². The molecule has 0 amide bonds. The first kappa shape index (κ1) is 20.8. The molecule has 0 unspecified atom stereocenters. The Kier molecular flexibility index (Phi) is 5.46. The molecule has 1 aliphatic carbocycles. The highest BCUT2D eigenvalue weighted by Crippen LogP contribution is 2.34. The number of hydrogen-bond acceptors (Lipinski definition) is 6. The monoisotopic (exact) mass is 453 g/mol. The molecule has 0 aliphatic heterocycles. The Morgan fingerprint density at radius 3 is 2.94 bits per heavy atom. The molecule has 2 N–H and O–H groups in total. The van der Waals surface area contributed by atoms with Crippen LogP contribution in [0.5, 0.6) is 0 Å². The normalized spacial score (nSPS) is 16.8. The summed E-state index contributed by atoms with van der Waals surface area (Å²) in [6.45, 7) is 5.65. The first-order valence-electron chi connectivity index (χ1n) is 10.7. The van der Waals surface area contributed by atoms with Gasteiger partial charge in [0.1, 0.15) is 4.83 Å². The van der Waals surface area contributed by atoms with E-state index < -0.39 is 0 Å². The fourth-order valence-electron chi connectivity index (χ4n) is 4.25. The van der Waals surface area contributed by atoms with E-state index >= 15 is 0 Å². The maximum Gasteiger partial charge on any atom is 0.262 e. The van der Waals surface area contributed by atoms with E-state index in [1.165, 1.54) is 25.4 Å². The molecule has 1 atom stereocenters. The van der Waals surface area contributed by atoms with Crippen LogP contribution in [-0.4, -0.2) is 33.9 Å². The van der Waals surface area contributed by atoms with Crippen LogP contribution in [0.4, 0.5) is 0 Å². The Morgan fingerprint density at radius 1 is 1.29 bits per heavy atom. The first-order chi connectivity index (χ1) is 14.9. The van der Waals surface area contributed by atoms with E-state index in [4.69, 9.17) is 0 Å². The van der Waals surface area contributed by atoms with Gasteiger partial charge in [0.05, 0.1) is 18.3 Å². The van der Waals surface area contributed by atoms with Gasteiger partial charge in [-0.1, -0.05) is 32.0 Å². The average Bonchev–Trinajstić information content (AvgIpc) is 3.34. The number of benzene rings is 1. The van der Waals surface area contributed by atoms with Crippen molar-refractivity contribution < 1.29 is 5.11 Å². The lowest BCUT2D eigenvalue weighted by molar-refractivity contribution is 0.152. The summed E-state index contributed by atoms with van der Waals surface area (Å²) in [6.07, 6.45) is 4.53. The average molecular weight is 454 g/mol. The number of aliphatic hydroxyl groups excluding tert-OH is 1. The molecule has 4 aromatic rings. The molecule has 1 aliphatic rings. The van der Waals surface area contributed by atoms with Crippen LogP contribution < -0.4 is 10.9 Å². The van der Waals surface area contributed by atoms with Crippen LogP contribution in [0.15, 0.2) is 41.5 Å². The predicted molar refractivity (Wildman–Crippen MR) is 129 cm³/mol. The van der Waals surface area contributed by atoms with E-state index in [2.05, 4.69) is 42.3 Å². The topological polar surface area (TPSA) is 67.2 Å². The van der Waals surface area contributed by atoms with E-state index in [0.29, 0.717) is 12.6 Å². The van der Waals surface area contributed by atoms with Crippen molar-refractivity contribution in [1.82, 2.24) is 14.9 Å². The number of thiophene rings is 2. The molecule has 0 bridgehead atoms. The number of fused-ring (bicyclic) bond motifs is 4. The summed E-state index contributed by atoms with van der Waals surface area (Å²) in [7, 11) is 0. The number of aliphatic hydroxyl groups is 1. The maximum atomic E-state index is 13.3. The number of nitrogens with one attached hydrogen (secondary N) is 1. The molecule has 5 rings (SSSR count). The summed E-state index contributed by atoms with van der Waals surface area (Å²) < 4.78 is 3.00. The second-order valence-corrected chi connectivity index (χ2v) is 11.5. The van der Waals surface area contributed by atoms with Crippen molar-refractivity contribution in [2.45, 2.75) is 45.7 Å². The first-order valence-corrected chi connectivity index (χ1v) is 12.4. The van der Waals surface area contributed by atoms with Gasteiger partial charge in [0.2, 0.25) is 0 Å². The minimum Gasteiger partial charge on any atom is -0.396 e. The van der Waals surface area contributed by atoms with Crippen LogP contribution in [0.25, 0.3) is 20.3 Å². The molecule has 31 heavy (non-hydrogen) atoms. The molecule has 3 aromatic heterocycles. The van der Waals surface area contributed by atoms with Gasteiger partial charge in [-0.2, -0.15) is 0 Å². The van der Waals surface area contributed by atoms with Crippen molar-refractivity contribution in [3.63, 3.8) is 0 Å². The molecule has 0 saturated carbocycles. The van der Waals surface area contributed by atoms with Crippen LogP contribution in [0.2, 0.25) is 0 Å². The molecule has 7 heteroatoms. The van der Waals surface area contributed by atoms with E-state index in [9.17, 15) is 9.90 Å². The maximum absolute atomic E-state index is 13.3. The summed E-state index contributed by atoms with van der Waals surface area (Å²) in [5, 5.41) is 15.2. The van der Waals surface area contributed by atoms with Gasteiger partial charge in [-0.25, -0.2) is 4.98 Å². The smallest absolute Gasteiger partial charge is 0.262 e. The standard InChI is InChI=1S/C24H27N3O2S2/c1-24(2,13-28)12-25-16-7-8-18-20(10-16)31-22-21(18)23(29)27(14-26-22)11-17-9-15-5-3-4-6-19(15)30-17/h3-6,9,14,16,25,28H,7-8,10-13H2,1-2H3/t16-/m1/s1. The highest BCUT2D eigenvalue weighted by Gasteiger charge is 2.26. The zero-order valence-corrected chi connectivity index (χ0v) is 19.5. The van der Waals surface area contributed by atoms with Gasteiger partial charge in [0.15, 0.2) is 0 Å². The zero-order valence-electron chi connectivity index (χ0n) is 17.9. The van der Waals surface area contributed by atoms with Gasteiger partial charge < -0.3 is 10.4 Å². The number of rotatable bonds is 6. The van der Waals surface area contributed by atoms with Crippen LogP contribution in [0.3, 0.4) is 0 Å². The van der Waals surface area contributed by atoms with Crippen LogP contribution in [0, 0.1) is 5.41 Å². The largest absolute Gasteiger partial charge is 0.396 e. The summed E-state index contributed by atoms with van der Waals surface area (Å²) in [5.41, 5.74) is 1.15. The number of hydrogen-bond donors (Lipinski definition) is 2. The highest BCUT2D eigenvalue weighted by atomic mass is 32.1. The predicted octanol–water partition coefficient (Wildman–Crippen LogP) is 4.19. The van der Waals surface area contributed by atoms with Gasteiger partial charge in [0, 0.05) is 39.1 Å². The van der Waals surface area contributed by atoms with E-state index in [1.807, 2.05) is 12.1 Å². The SMILES string of the molecule is CC(C)(CO)CN[C@@H]1CCc2c(sc3ncn(Cc4cc5ccccc5s4)c(=O)c23)C1. The summed E-state index contributed by atoms with van der Waals surface area (Å²) in [6, 6.07) is 10.9. The van der Waals surface area contributed by atoms with Crippen molar-refractivity contribution in [3.05, 3.63) is 62.3 Å². The van der Waals surface area contributed by atoms with E-state index in [-0.39, 0.29) is 17.6 Å². The lowest BCUT2D eigenvalue weighted by Crippen LogP contribution is -2.41. The number of nitrogens with zero attached hydrogens (tertiary/aromatic N) is 2. The zero-order chi connectivity index (χ0) is 21.6. The molecule has 0 saturated heterocycles. The van der Waals surface area contributed by atoms with Crippen molar-refractivity contribution in [3.8, 4) is 0 Å². The molecule has 0 fully saturated rings. The molecule has 0 spiro atoms. The summed E-state index contributed by atoms with van der Waals surface area (Å²) in [4.78, 5) is 21.3. The van der Waals surface area contributed by atoms with Crippen molar-refractivity contribution in [2.75, 3.05) is 13.2 Å². The van der Waals surface area contributed by atoms with Crippen molar-refractivity contribution >= 4 is 43.0 Å². The van der Waals surface area contributed by atoms with E-state index in [0.717, 1.165) is 36.0 Å². The van der Waals surface area contributed by atoms with Crippen molar-refractivity contribution in [1.29, 1.82) is 0 Å². The van der Waals surface area contributed by atoms with E-state index in [1.54, 1.807) is 33.6 Å². The third-order valence-electron chi connectivity index (χ3n) is 6.14. The third-order valence-corrected chi connectivity index (χ3v) is 8.40. The Bertz CT molecular complexity index is 1270. The molecule has 1 aromatic carbocycles. The van der Waals surface area contributed by atoms with Crippen LogP contribution in [-0.2, 0) is 19.4 Å². The molecule has 162 valence electrons. The third kappa shape index (κ3) is 4.07. The van der Waals surface area contributed by atoms with Crippen LogP contribution in [0.1, 0.15) is 35.6 Å². The quantitative estimate of drug-likeness (QED) is 0.459. The lowest BCUT2D eigenvalue weighted by Gasteiger charge is -2.28. The number of aryl methyl sites for hydroxylation is 1. The van der Waals surface area contributed by atoms with Gasteiger partial charge >= 0.3 is 0 Å². The van der Waals surface area contributed by atoms with Gasteiger partial charge in [-0.05, 0) is 42.3 Å². The summed E-state index contributed by atoms with van der Waals surface area (Å²) >= 11 is 3.40. The second-order valence-electron chi connectivity index (χ2n) is 9.26.